The highest BCUT2D eigenvalue weighted by molar-refractivity contribution is 7.09. The van der Waals surface area contributed by atoms with Crippen LogP contribution < -0.4 is 5.32 Å². The number of rotatable bonds is 5. The summed E-state index contributed by atoms with van der Waals surface area (Å²) in [6.07, 6.45) is 7.55. The van der Waals surface area contributed by atoms with E-state index in [1.165, 1.54) is 48.8 Å². The molecule has 0 bridgehead atoms. The maximum Gasteiger partial charge on any atom is 0.355 e. The number of carboxylic acids is 1. The highest BCUT2D eigenvalue weighted by Gasteiger charge is 2.47. The number of carbonyl (C=O) groups excluding carboxylic acids is 1. The van der Waals surface area contributed by atoms with E-state index < -0.39 is 5.97 Å². The Morgan fingerprint density at radius 1 is 1.33 bits per heavy atom. The number of amides is 1. The number of nitrogens with zero attached hydrogens (tertiary/aromatic N) is 1. The summed E-state index contributed by atoms with van der Waals surface area (Å²) in [5.41, 5.74) is 0.0516. The molecule has 2 fully saturated rings. The van der Waals surface area contributed by atoms with Gasteiger partial charge in [0.2, 0.25) is 5.91 Å². The highest BCUT2D eigenvalue weighted by Crippen LogP contribution is 2.49. The Morgan fingerprint density at radius 3 is 2.76 bits per heavy atom. The zero-order valence-electron chi connectivity index (χ0n) is 11.9. The van der Waals surface area contributed by atoms with Crippen molar-refractivity contribution in [3.8, 4) is 0 Å². The largest absolute Gasteiger partial charge is 0.476 e. The van der Waals surface area contributed by atoms with Crippen molar-refractivity contribution in [2.24, 2.45) is 17.8 Å². The zero-order chi connectivity index (χ0) is 14.8. The summed E-state index contributed by atoms with van der Waals surface area (Å²) in [6, 6.07) is 0. The summed E-state index contributed by atoms with van der Waals surface area (Å²) >= 11 is 1.27. The lowest BCUT2D eigenvalue weighted by atomic mass is 9.85. The molecule has 2 aliphatic rings. The molecule has 2 N–H and O–H groups in total. The number of nitrogens with one attached hydrogen (secondary N) is 1. The Hall–Kier alpha value is -1.43. The minimum Gasteiger partial charge on any atom is -0.476 e. The van der Waals surface area contributed by atoms with E-state index in [0.29, 0.717) is 17.5 Å². The van der Waals surface area contributed by atoms with Gasteiger partial charge in [0.25, 0.3) is 0 Å². The number of hydrogen-bond acceptors (Lipinski definition) is 4. The average molecular weight is 308 g/mol. The first-order valence-electron chi connectivity index (χ1n) is 7.60. The Balaban J connectivity index is 1.45. The fraction of sp³-hybridized carbons (Fsp3) is 0.667. The van der Waals surface area contributed by atoms with E-state index >= 15 is 0 Å². The molecule has 2 saturated carbocycles. The van der Waals surface area contributed by atoms with Gasteiger partial charge in [-0.05, 0) is 18.3 Å². The first-order valence-corrected chi connectivity index (χ1v) is 8.48. The van der Waals surface area contributed by atoms with Crippen molar-refractivity contribution in [1.82, 2.24) is 10.3 Å². The molecule has 114 valence electrons. The van der Waals surface area contributed by atoms with Crippen LogP contribution in [0.4, 0.5) is 0 Å². The van der Waals surface area contributed by atoms with Gasteiger partial charge >= 0.3 is 5.97 Å². The van der Waals surface area contributed by atoms with Gasteiger partial charge in [0, 0.05) is 11.3 Å². The van der Waals surface area contributed by atoms with Crippen LogP contribution >= 0.6 is 11.3 Å². The van der Waals surface area contributed by atoms with Crippen LogP contribution in [0.2, 0.25) is 0 Å². The van der Waals surface area contributed by atoms with E-state index in [-0.39, 0.29) is 17.5 Å². The molecular formula is C15H20N2O3S. The molecule has 0 saturated heterocycles. The van der Waals surface area contributed by atoms with Crippen molar-refractivity contribution in [3.63, 3.8) is 0 Å². The van der Waals surface area contributed by atoms with Crippen LogP contribution in [0.3, 0.4) is 0 Å². The number of aromatic nitrogens is 1. The molecule has 0 radical (unpaired) electrons. The van der Waals surface area contributed by atoms with Crippen molar-refractivity contribution in [3.05, 3.63) is 16.1 Å². The highest BCUT2D eigenvalue weighted by atomic mass is 32.1. The summed E-state index contributed by atoms with van der Waals surface area (Å²) in [5.74, 6) is 0.581. The first kappa shape index (κ1) is 14.5. The van der Waals surface area contributed by atoms with E-state index in [4.69, 9.17) is 5.11 Å². The molecule has 1 aromatic rings. The third kappa shape index (κ3) is 3.43. The van der Waals surface area contributed by atoms with Crippen molar-refractivity contribution >= 4 is 23.2 Å². The van der Waals surface area contributed by atoms with Gasteiger partial charge in [-0.2, -0.15) is 0 Å². The monoisotopic (exact) mass is 308 g/mol. The molecule has 1 heterocycles. The quantitative estimate of drug-likeness (QED) is 0.876. The van der Waals surface area contributed by atoms with Crippen LogP contribution in [0, 0.1) is 17.8 Å². The van der Waals surface area contributed by atoms with E-state index in [9.17, 15) is 9.59 Å². The van der Waals surface area contributed by atoms with Crippen molar-refractivity contribution < 1.29 is 14.7 Å². The summed E-state index contributed by atoms with van der Waals surface area (Å²) in [4.78, 5) is 26.8. The minimum atomic E-state index is -1.02. The number of carbonyl (C=O) groups is 2. The molecule has 3 rings (SSSR count). The molecule has 0 unspecified atom stereocenters. The van der Waals surface area contributed by atoms with Gasteiger partial charge in [0.05, 0.1) is 6.54 Å². The molecule has 5 nitrogen and oxygen atoms in total. The number of carboxylic acid groups (broad SMARTS) is 1. The lowest BCUT2D eigenvalue weighted by molar-refractivity contribution is -0.123. The third-order valence-corrected chi connectivity index (χ3v) is 5.47. The first-order chi connectivity index (χ1) is 10.1. The summed E-state index contributed by atoms with van der Waals surface area (Å²) in [6.45, 7) is 0.338. The Labute approximate surface area is 127 Å². The van der Waals surface area contributed by atoms with E-state index in [0.717, 1.165) is 12.3 Å². The molecule has 1 aromatic heterocycles. The van der Waals surface area contributed by atoms with Gasteiger partial charge in [-0.1, -0.05) is 32.1 Å². The normalized spacial score (nSPS) is 25.5. The Bertz CT molecular complexity index is 537. The average Bonchev–Trinajstić information content (AvgIpc) is 3.15. The molecular weight excluding hydrogens is 288 g/mol. The van der Waals surface area contributed by atoms with Gasteiger partial charge in [0.1, 0.15) is 5.01 Å². The van der Waals surface area contributed by atoms with Gasteiger partial charge < -0.3 is 10.4 Å². The lowest BCUT2D eigenvalue weighted by Crippen LogP contribution is -2.26. The second-order valence-corrected chi connectivity index (χ2v) is 7.00. The Morgan fingerprint density at radius 2 is 2.10 bits per heavy atom. The molecule has 1 amide bonds. The van der Waals surface area contributed by atoms with Crippen LogP contribution in [0.15, 0.2) is 5.38 Å². The molecule has 2 aliphatic carbocycles. The SMILES string of the molecule is O=C(O)c1csc(CNC(=O)[C@H]2C[C@H]2C2CCCCC2)n1. The van der Waals surface area contributed by atoms with Gasteiger partial charge in [0.15, 0.2) is 5.69 Å². The number of aromatic carboxylic acids is 1. The van der Waals surface area contributed by atoms with E-state index in [1.807, 2.05) is 0 Å². The standard InChI is InChI=1S/C15H20N2O3S/c18-14(11-6-10(11)9-4-2-1-3-5-9)16-7-13-17-12(8-21-13)15(19)20/h8-11H,1-7H2,(H,16,18)(H,19,20)/t10-,11-/m0/s1. The maximum atomic E-state index is 12.1. The maximum absolute atomic E-state index is 12.1. The fourth-order valence-electron chi connectivity index (χ4n) is 3.38. The predicted octanol–water partition coefficient (Wildman–Crippen LogP) is 2.67. The zero-order valence-corrected chi connectivity index (χ0v) is 12.7. The van der Waals surface area contributed by atoms with Gasteiger partial charge in [-0.15, -0.1) is 11.3 Å². The van der Waals surface area contributed by atoms with Gasteiger partial charge in [-0.3, -0.25) is 4.79 Å². The molecule has 0 aromatic carbocycles. The third-order valence-electron chi connectivity index (χ3n) is 4.62. The van der Waals surface area contributed by atoms with Crippen LogP contribution in [0.1, 0.15) is 54.0 Å². The Kier molecular flexibility index (Phi) is 4.24. The van der Waals surface area contributed by atoms with Crippen LogP contribution in [0.25, 0.3) is 0 Å². The predicted molar refractivity (Wildman–Crippen MR) is 79.1 cm³/mol. The minimum absolute atomic E-state index is 0.0516. The molecule has 0 spiro atoms. The van der Waals surface area contributed by atoms with Crippen LogP contribution in [-0.2, 0) is 11.3 Å². The van der Waals surface area contributed by atoms with Crippen LogP contribution in [0.5, 0.6) is 0 Å². The lowest BCUT2D eigenvalue weighted by Gasteiger charge is -2.21. The van der Waals surface area contributed by atoms with Gasteiger partial charge in [-0.25, -0.2) is 9.78 Å². The van der Waals surface area contributed by atoms with Crippen LogP contribution in [-0.4, -0.2) is 22.0 Å². The van der Waals surface area contributed by atoms with E-state index in [1.54, 1.807) is 0 Å². The topological polar surface area (TPSA) is 79.3 Å². The molecule has 2 atom stereocenters. The van der Waals surface area contributed by atoms with E-state index in [2.05, 4.69) is 10.3 Å². The number of thiazole rings is 1. The van der Waals surface area contributed by atoms with Crippen molar-refractivity contribution in [1.29, 1.82) is 0 Å². The molecule has 0 aliphatic heterocycles. The molecule has 6 heteroatoms. The summed E-state index contributed by atoms with van der Waals surface area (Å²) in [7, 11) is 0. The fourth-order valence-corrected chi connectivity index (χ4v) is 4.09. The van der Waals surface area contributed by atoms with Crippen molar-refractivity contribution in [2.75, 3.05) is 0 Å². The molecule has 21 heavy (non-hydrogen) atoms. The van der Waals surface area contributed by atoms with Crippen molar-refractivity contribution in [2.45, 2.75) is 45.1 Å². The number of hydrogen-bond donors (Lipinski definition) is 2. The smallest absolute Gasteiger partial charge is 0.355 e. The second-order valence-electron chi connectivity index (χ2n) is 6.05. The summed E-state index contributed by atoms with van der Waals surface area (Å²) < 4.78 is 0. The second kappa shape index (κ2) is 6.13. The summed E-state index contributed by atoms with van der Waals surface area (Å²) in [5, 5.41) is 13.9.